The van der Waals surface area contributed by atoms with E-state index in [9.17, 15) is 22.8 Å². The molecule has 4 rings (SSSR count). The van der Waals surface area contributed by atoms with Crippen molar-refractivity contribution in [1.82, 2.24) is 10.6 Å². The average molecular weight is 341 g/mol. The summed E-state index contributed by atoms with van der Waals surface area (Å²) in [4.78, 5) is 22.6. The van der Waals surface area contributed by atoms with Gasteiger partial charge in [-0.3, -0.25) is 9.59 Å². The van der Waals surface area contributed by atoms with E-state index in [0.717, 1.165) is 19.3 Å². The van der Waals surface area contributed by atoms with E-state index in [1.165, 1.54) is 6.92 Å². The zero-order valence-corrected chi connectivity index (χ0v) is 13.0. The lowest BCUT2D eigenvalue weighted by molar-refractivity contribution is -0.177. The minimum atomic E-state index is -4.83. The fourth-order valence-electron chi connectivity index (χ4n) is 5.02. The average Bonchev–Trinajstić information content (AvgIpc) is 2.29. The number of hydrogen-bond donors (Lipinski definition) is 2. The second-order valence-corrected chi connectivity index (χ2v) is 6.93. The normalized spacial score (nSPS) is 39.1. The monoisotopic (exact) mass is 340 g/mol. The van der Waals surface area contributed by atoms with Crippen molar-refractivity contribution in [3.05, 3.63) is 0 Å². The molecule has 0 saturated heterocycles. The Kier molecular flexibility index (Phi) is 4.41. The van der Waals surface area contributed by atoms with Crippen LogP contribution in [0.15, 0.2) is 0 Å². The predicted molar refractivity (Wildman–Crippen MR) is 75.3 cm³/mol. The van der Waals surface area contributed by atoms with Gasteiger partial charge in [-0.15, -0.1) is 12.4 Å². The number of rotatable bonds is 2. The zero-order valence-electron chi connectivity index (χ0n) is 12.2. The van der Waals surface area contributed by atoms with E-state index in [-0.39, 0.29) is 35.7 Å². The van der Waals surface area contributed by atoms with Crippen molar-refractivity contribution in [2.75, 3.05) is 0 Å². The molecule has 22 heavy (non-hydrogen) atoms. The third-order valence-corrected chi connectivity index (χ3v) is 5.27. The second kappa shape index (κ2) is 5.58. The molecule has 4 bridgehead atoms. The Morgan fingerprint density at radius 2 is 1.64 bits per heavy atom. The van der Waals surface area contributed by atoms with E-state index in [4.69, 9.17) is 0 Å². The van der Waals surface area contributed by atoms with Crippen LogP contribution in [0.1, 0.15) is 39.0 Å². The molecule has 126 valence electrons. The smallest absolute Gasteiger partial charge is 0.351 e. The first-order chi connectivity index (χ1) is 9.68. The van der Waals surface area contributed by atoms with E-state index in [1.807, 2.05) is 0 Å². The fraction of sp³-hybridized carbons (Fsp3) is 0.857. The second-order valence-electron chi connectivity index (χ2n) is 6.93. The molecule has 2 N–H and O–H groups in total. The first-order valence-electron chi connectivity index (χ1n) is 7.35. The van der Waals surface area contributed by atoms with Crippen LogP contribution in [0.3, 0.4) is 0 Å². The summed E-state index contributed by atoms with van der Waals surface area (Å²) in [6.07, 6.45) is -0.879. The number of amides is 2. The van der Waals surface area contributed by atoms with Gasteiger partial charge >= 0.3 is 12.1 Å². The Hall–Kier alpha value is -0.980. The van der Waals surface area contributed by atoms with Crippen LogP contribution in [0.4, 0.5) is 13.2 Å². The molecule has 8 heteroatoms. The highest BCUT2D eigenvalue weighted by Crippen LogP contribution is 2.55. The number of hydrogen-bond acceptors (Lipinski definition) is 2. The first-order valence-corrected chi connectivity index (χ1v) is 7.35. The molecule has 4 aliphatic rings. The highest BCUT2D eigenvalue weighted by Gasteiger charge is 2.57. The lowest BCUT2D eigenvalue weighted by atomic mass is 9.51. The van der Waals surface area contributed by atoms with Gasteiger partial charge in [-0.05, 0) is 49.9 Å². The molecule has 0 spiro atoms. The molecule has 4 saturated carbocycles. The molecule has 4 aliphatic carbocycles. The van der Waals surface area contributed by atoms with Gasteiger partial charge in [0.05, 0.1) is 0 Å². The molecule has 2 unspecified atom stereocenters. The molecule has 0 aliphatic heterocycles. The molecule has 4 fully saturated rings. The van der Waals surface area contributed by atoms with Gasteiger partial charge in [-0.25, -0.2) is 0 Å². The van der Waals surface area contributed by atoms with Crippen LogP contribution in [0.2, 0.25) is 0 Å². The van der Waals surface area contributed by atoms with Crippen LogP contribution < -0.4 is 10.6 Å². The SMILES string of the molecule is CC(=O)NC12CC3CC(C1)C(NC(=O)C(F)(F)F)C(C3)C2.Cl. The molecule has 2 amide bonds. The molecule has 0 aromatic rings. The first kappa shape index (κ1) is 17.4. The summed E-state index contributed by atoms with van der Waals surface area (Å²) in [5.74, 6) is -1.40. The summed E-state index contributed by atoms with van der Waals surface area (Å²) >= 11 is 0. The van der Waals surface area contributed by atoms with Crippen molar-refractivity contribution in [1.29, 1.82) is 0 Å². The van der Waals surface area contributed by atoms with Crippen LogP contribution in [-0.2, 0) is 9.59 Å². The molecular weight excluding hydrogens is 321 g/mol. The van der Waals surface area contributed by atoms with E-state index in [1.54, 1.807) is 0 Å². The van der Waals surface area contributed by atoms with Crippen LogP contribution in [-0.4, -0.2) is 29.6 Å². The Morgan fingerprint density at radius 3 is 2.09 bits per heavy atom. The summed E-state index contributed by atoms with van der Waals surface area (Å²) in [7, 11) is 0. The standard InChI is InChI=1S/C14H19F3N2O2.ClH/c1-7(20)19-13-4-8-2-9(5-13)11(10(3-8)6-13)18-12(21)14(15,16)17;/h8-11H,2-6H2,1H3,(H,18,21)(H,19,20);1H. The Bertz CT molecular complexity index is 467. The zero-order chi connectivity index (χ0) is 15.4. The molecule has 4 nitrogen and oxygen atoms in total. The van der Waals surface area contributed by atoms with Gasteiger partial charge in [0.1, 0.15) is 0 Å². The van der Waals surface area contributed by atoms with E-state index >= 15 is 0 Å². The van der Waals surface area contributed by atoms with Crippen molar-refractivity contribution < 1.29 is 22.8 Å². The summed E-state index contributed by atoms with van der Waals surface area (Å²) in [6.45, 7) is 1.47. The van der Waals surface area contributed by atoms with E-state index in [0.29, 0.717) is 18.8 Å². The van der Waals surface area contributed by atoms with Crippen LogP contribution in [0.25, 0.3) is 0 Å². The third-order valence-electron chi connectivity index (χ3n) is 5.27. The minimum absolute atomic E-state index is 0. The van der Waals surface area contributed by atoms with Crippen molar-refractivity contribution in [3.8, 4) is 0 Å². The molecule has 0 aromatic carbocycles. The highest BCUT2D eigenvalue weighted by molar-refractivity contribution is 5.85. The number of alkyl halides is 3. The number of halogens is 4. The van der Waals surface area contributed by atoms with Crippen LogP contribution in [0.5, 0.6) is 0 Å². The van der Waals surface area contributed by atoms with Gasteiger partial charge in [-0.1, -0.05) is 0 Å². The maximum absolute atomic E-state index is 12.4. The quantitative estimate of drug-likeness (QED) is 0.809. The van der Waals surface area contributed by atoms with E-state index in [2.05, 4.69) is 10.6 Å². The van der Waals surface area contributed by atoms with Crippen molar-refractivity contribution in [3.63, 3.8) is 0 Å². The molecule has 2 atom stereocenters. The number of carbonyl (C=O) groups is 2. The molecule has 0 radical (unpaired) electrons. The van der Waals surface area contributed by atoms with Crippen molar-refractivity contribution >= 4 is 24.2 Å². The van der Waals surface area contributed by atoms with Gasteiger partial charge in [0.25, 0.3) is 0 Å². The lowest BCUT2D eigenvalue weighted by Crippen LogP contribution is -2.67. The van der Waals surface area contributed by atoms with Crippen LogP contribution in [0, 0.1) is 17.8 Å². The summed E-state index contributed by atoms with van der Waals surface area (Å²) in [5, 5.41) is 5.21. The van der Waals surface area contributed by atoms with Gasteiger partial charge in [0.15, 0.2) is 0 Å². The maximum Gasteiger partial charge on any atom is 0.471 e. The van der Waals surface area contributed by atoms with Crippen molar-refractivity contribution in [2.45, 2.75) is 56.8 Å². The number of carbonyl (C=O) groups excluding carboxylic acids is 2. The summed E-state index contributed by atoms with van der Waals surface area (Å²) < 4.78 is 37.3. The minimum Gasteiger partial charge on any atom is -0.351 e. The Morgan fingerprint density at radius 1 is 1.09 bits per heavy atom. The van der Waals surface area contributed by atoms with Crippen LogP contribution >= 0.6 is 12.4 Å². The van der Waals surface area contributed by atoms with E-state index < -0.39 is 18.1 Å². The van der Waals surface area contributed by atoms with Gasteiger partial charge in [0.2, 0.25) is 5.91 Å². The highest BCUT2D eigenvalue weighted by atomic mass is 35.5. The molecular formula is C14H20ClF3N2O2. The van der Waals surface area contributed by atoms with Gasteiger partial charge in [0, 0.05) is 18.5 Å². The Labute approximate surface area is 133 Å². The predicted octanol–water partition coefficient (Wildman–Crippen LogP) is 2.17. The fourth-order valence-corrected chi connectivity index (χ4v) is 5.02. The summed E-state index contributed by atoms with van der Waals surface area (Å²) in [6, 6.07) is -0.405. The largest absolute Gasteiger partial charge is 0.471 e. The van der Waals surface area contributed by atoms with Gasteiger partial charge < -0.3 is 10.6 Å². The Balaban J connectivity index is 0.00000176. The lowest BCUT2D eigenvalue weighted by Gasteiger charge is -2.60. The van der Waals surface area contributed by atoms with Gasteiger partial charge in [-0.2, -0.15) is 13.2 Å². The summed E-state index contributed by atoms with van der Waals surface area (Å²) in [5.41, 5.74) is -0.262. The third kappa shape index (κ3) is 3.05. The molecule has 0 aromatic heterocycles. The number of nitrogens with one attached hydrogen (secondary N) is 2. The van der Waals surface area contributed by atoms with Crippen molar-refractivity contribution in [2.24, 2.45) is 17.8 Å². The molecule has 0 heterocycles. The topological polar surface area (TPSA) is 58.2 Å². The maximum atomic E-state index is 12.4.